The molecular formula is C19H28N2O3. The number of carbonyl (C=O) groups excluding carboxylic acids is 1. The van der Waals surface area contributed by atoms with Gasteiger partial charge in [-0.25, -0.2) is 4.79 Å². The molecule has 2 unspecified atom stereocenters. The molecule has 2 fully saturated rings. The van der Waals surface area contributed by atoms with E-state index in [9.17, 15) is 9.90 Å². The van der Waals surface area contributed by atoms with Crippen molar-refractivity contribution in [2.45, 2.75) is 63.3 Å². The van der Waals surface area contributed by atoms with Crippen LogP contribution in [0, 0.1) is 0 Å². The van der Waals surface area contributed by atoms with Gasteiger partial charge in [0.15, 0.2) is 0 Å². The minimum atomic E-state index is -0.746. The molecule has 1 aromatic rings. The van der Waals surface area contributed by atoms with Crippen molar-refractivity contribution in [3.8, 4) is 0 Å². The number of rotatable bonds is 5. The van der Waals surface area contributed by atoms with Crippen LogP contribution in [0.4, 0.5) is 4.79 Å². The number of benzene rings is 1. The Balaban J connectivity index is 1.69. The molecule has 1 aliphatic carbocycles. The van der Waals surface area contributed by atoms with Gasteiger partial charge in [-0.2, -0.15) is 0 Å². The largest absolute Gasteiger partial charge is 0.388 e. The minimum absolute atomic E-state index is 0.0436. The molecule has 2 amide bonds. The van der Waals surface area contributed by atoms with Gasteiger partial charge in [-0.05, 0) is 31.7 Å². The first-order valence-electron chi connectivity index (χ1n) is 8.99. The Morgan fingerprint density at radius 2 is 2.04 bits per heavy atom. The van der Waals surface area contributed by atoms with Crippen LogP contribution in [-0.4, -0.2) is 46.9 Å². The fourth-order valence-corrected chi connectivity index (χ4v) is 3.72. The molecule has 1 aromatic carbocycles. The maximum absolute atomic E-state index is 12.8. The van der Waals surface area contributed by atoms with E-state index in [1.807, 2.05) is 37.3 Å². The van der Waals surface area contributed by atoms with E-state index in [1.165, 1.54) is 0 Å². The Morgan fingerprint density at radius 3 is 2.67 bits per heavy atom. The molecule has 1 saturated carbocycles. The molecule has 132 valence electrons. The molecule has 24 heavy (non-hydrogen) atoms. The van der Waals surface area contributed by atoms with Crippen LogP contribution in [0.1, 0.15) is 44.6 Å². The second-order valence-electron chi connectivity index (χ2n) is 7.19. The van der Waals surface area contributed by atoms with Crippen LogP contribution in [0.15, 0.2) is 30.3 Å². The molecule has 0 radical (unpaired) electrons. The Labute approximate surface area is 144 Å². The third kappa shape index (κ3) is 4.28. The van der Waals surface area contributed by atoms with Gasteiger partial charge in [0, 0.05) is 13.2 Å². The summed E-state index contributed by atoms with van der Waals surface area (Å²) in [6.07, 6.45) is 4.50. The molecule has 2 atom stereocenters. The van der Waals surface area contributed by atoms with Gasteiger partial charge in [0.25, 0.3) is 0 Å². The zero-order chi connectivity index (χ0) is 17.0. The van der Waals surface area contributed by atoms with Gasteiger partial charge in [0.2, 0.25) is 0 Å². The van der Waals surface area contributed by atoms with Crippen molar-refractivity contribution < 1.29 is 14.6 Å². The lowest BCUT2D eigenvalue weighted by atomic mass is 10.0. The number of hydrogen-bond donors (Lipinski definition) is 2. The van der Waals surface area contributed by atoms with Gasteiger partial charge in [-0.15, -0.1) is 0 Å². The van der Waals surface area contributed by atoms with Gasteiger partial charge in [0.05, 0.1) is 24.3 Å². The van der Waals surface area contributed by atoms with Gasteiger partial charge in [-0.1, -0.05) is 43.2 Å². The number of carbonyl (C=O) groups is 1. The smallest absolute Gasteiger partial charge is 0.318 e. The van der Waals surface area contributed by atoms with E-state index in [0.717, 1.165) is 37.7 Å². The number of nitrogens with zero attached hydrogens (tertiary/aromatic N) is 1. The predicted molar refractivity (Wildman–Crippen MR) is 92.6 cm³/mol. The first-order valence-corrected chi connectivity index (χ1v) is 8.99. The Bertz CT molecular complexity index is 543. The summed E-state index contributed by atoms with van der Waals surface area (Å²) in [6.45, 7) is 3.57. The number of urea groups is 1. The molecule has 1 saturated heterocycles. The van der Waals surface area contributed by atoms with Crippen LogP contribution in [0.3, 0.4) is 0 Å². The van der Waals surface area contributed by atoms with Crippen LogP contribution in [-0.2, 0) is 11.3 Å². The van der Waals surface area contributed by atoms with E-state index in [0.29, 0.717) is 19.7 Å². The molecule has 0 spiro atoms. The summed E-state index contributed by atoms with van der Waals surface area (Å²) >= 11 is 0. The average molecular weight is 332 g/mol. The Hall–Kier alpha value is -1.59. The standard InChI is InChI=1S/C19H28N2O3/c1-15-17(9-12-24-15)20-18(22)21(13-16-7-3-2-4-8-16)14-19(23)10-5-6-11-19/h2-4,7-8,15,17,23H,5-6,9-14H2,1H3,(H,20,22). The molecule has 2 N–H and O–H groups in total. The zero-order valence-corrected chi connectivity index (χ0v) is 14.4. The number of nitrogens with one attached hydrogen (secondary N) is 1. The normalized spacial score (nSPS) is 25.6. The van der Waals surface area contributed by atoms with Crippen LogP contribution in [0.5, 0.6) is 0 Å². The molecule has 0 bridgehead atoms. The lowest BCUT2D eigenvalue weighted by Crippen LogP contribution is -2.51. The van der Waals surface area contributed by atoms with Gasteiger partial charge < -0.3 is 20.1 Å². The SMILES string of the molecule is CC1OCCC1NC(=O)N(Cc1ccccc1)CC1(O)CCCC1. The summed E-state index contributed by atoms with van der Waals surface area (Å²) in [4.78, 5) is 14.6. The number of aliphatic hydroxyl groups is 1. The number of amides is 2. The monoisotopic (exact) mass is 332 g/mol. The third-order valence-corrected chi connectivity index (χ3v) is 5.21. The van der Waals surface area contributed by atoms with E-state index in [2.05, 4.69) is 5.32 Å². The van der Waals surface area contributed by atoms with Crippen LogP contribution in [0.2, 0.25) is 0 Å². The van der Waals surface area contributed by atoms with Crippen molar-refractivity contribution in [3.05, 3.63) is 35.9 Å². The van der Waals surface area contributed by atoms with Crippen LogP contribution >= 0.6 is 0 Å². The Kier molecular flexibility index (Phi) is 5.41. The topological polar surface area (TPSA) is 61.8 Å². The maximum Gasteiger partial charge on any atom is 0.318 e. The van der Waals surface area contributed by atoms with Gasteiger partial charge in [0.1, 0.15) is 0 Å². The molecule has 1 heterocycles. The van der Waals surface area contributed by atoms with Gasteiger partial charge in [-0.3, -0.25) is 0 Å². The zero-order valence-electron chi connectivity index (χ0n) is 14.4. The molecular weight excluding hydrogens is 304 g/mol. The molecule has 5 nitrogen and oxygen atoms in total. The summed E-state index contributed by atoms with van der Waals surface area (Å²) in [5.74, 6) is 0. The first-order chi connectivity index (χ1) is 11.6. The van der Waals surface area contributed by atoms with Crippen molar-refractivity contribution in [3.63, 3.8) is 0 Å². The second-order valence-corrected chi connectivity index (χ2v) is 7.19. The molecule has 2 aliphatic rings. The van der Waals surface area contributed by atoms with Crippen molar-refractivity contribution in [1.82, 2.24) is 10.2 Å². The number of ether oxygens (including phenoxy) is 1. The predicted octanol–water partition coefficient (Wildman–Crippen LogP) is 2.68. The molecule has 1 aliphatic heterocycles. The second kappa shape index (κ2) is 7.53. The van der Waals surface area contributed by atoms with Crippen molar-refractivity contribution >= 4 is 6.03 Å². The summed E-state index contributed by atoms with van der Waals surface area (Å²) in [7, 11) is 0. The number of hydrogen-bond acceptors (Lipinski definition) is 3. The van der Waals surface area contributed by atoms with Gasteiger partial charge >= 0.3 is 6.03 Å². The lowest BCUT2D eigenvalue weighted by Gasteiger charge is -2.32. The summed E-state index contributed by atoms with van der Waals surface area (Å²) in [5, 5.41) is 13.8. The highest BCUT2D eigenvalue weighted by atomic mass is 16.5. The quantitative estimate of drug-likeness (QED) is 0.871. The highest BCUT2D eigenvalue weighted by Gasteiger charge is 2.35. The Morgan fingerprint density at radius 1 is 1.33 bits per heavy atom. The van der Waals surface area contributed by atoms with E-state index < -0.39 is 5.60 Å². The molecule has 0 aromatic heterocycles. The third-order valence-electron chi connectivity index (χ3n) is 5.21. The minimum Gasteiger partial charge on any atom is -0.388 e. The fraction of sp³-hybridized carbons (Fsp3) is 0.632. The molecule has 5 heteroatoms. The summed E-state index contributed by atoms with van der Waals surface area (Å²) < 4.78 is 5.53. The van der Waals surface area contributed by atoms with Crippen LogP contribution < -0.4 is 5.32 Å². The average Bonchev–Trinajstić information content (AvgIpc) is 3.17. The highest BCUT2D eigenvalue weighted by molar-refractivity contribution is 5.74. The highest BCUT2D eigenvalue weighted by Crippen LogP contribution is 2.30. The van der Waals surface area contributed by atoms with E-state index in [-0.39, 0.29) is 18.2 Å². The maximum atomic E-state index is 12.8. The lowest BCUT2D eigenvalue weighted by molar-refractivity contribution is 0.0168. The van der Waals surface area contributed by atoms with Crippen molar-refractivity contribution in [2.75, 3.05) is 13.2 Å². The van der Waals surface area contributed by atoms with Crippen molar-refractivity contribution in [1.29, 1.82) is 0 Å². The van der Waals surface area contributed by atoms with Crippen molar-refractivity contribution in [2.24, 2.45) is 0 Å². The molecule has 3 rings (SSSR count). The summed E-state index contributed by atoms with van der Waals surface area (Å²) in [5.41, 5.74) is 0.328. The van der Waals surface area contributed by atoms with E-state index in [1.54, 1.807) is 4.90 Å². The van der Waals surface area contributed by atoms with Crippen LogP contribution in [0.25, 0.3) is 0 Å². The fourth-order valence-electron chi connectivity index (χ4n) is 3.72. The van der Waals surface area contributed by atoms with E-state index >= 15 is 0 Å². The first kappa shape index (κ1) is 17.2. The van der Waals surface area contributed by atoms with E-state index in [4.69, 9.17) is 4.74 Å². The summed E-state index contributed by atoms with van der Waals surface area (Å²) in [6, 6.07) is 9.89.